The Morgan fingerprint density at radius 1 is 1.86 bits per heavy atom. The highest BCUT2D eigenvalue weighted by Crippen LogP contribution is 2.53. The Morgan fingerprint density at radius 2 is 2.29 bits per heavy atom. The molecular formula is CClFNO2P. The highest BCUT2D eigenvalue weighted by Gasteiger charge is 2.11. The van der Waals surface area contributed by atoms with Gasteiger partial charge in [-0.15, -0.1) is 8.96 Å². The van der Waals surface area contributed by atoms with E-state index in [0.29, 0.717) is 6.08 Å². The smallest absolute Gasteiger partial charge is 0.241 e. The van der Waals surface area contributed by atoms with Crippen molar-refractivity contribution in [1.82, 2.24) is 0 Å². The number of rotatable bonds is 1. The fourth-order valence-electron chi connectivity index (χ4n) is 0.0475. The molecule has 0 spiro atoms. The standard InChI is InChI=1S/CClFNO2P/c2-7(3,6)4-1-5. The summed E-state index contributed by atoms with van der Waals surface area (Å²) >= 11 is 4.29. The van der Waals surface area contributed by atoms with Crippen LogP contribution in [0.3, 0.4) is 0 Å². The monoisotopic (exact) mass is 143 g/mol. The van der Waals surface area contributed by atoms with Gasteiger partial charge in [0, 0.05) is 11.2 Å². The molecule has 0 aliphatic heterocycles. The van der Waals surface area contributed by atoms with E-state index in [-0.39, 0.29) is 0 Å². The molecule has 0 aliphatic rings. The zero-order chi connectivity index (χ0) is 5.91. The molecule has 0 amide bonds. The number of nitrogens with zero attached hydrogens (tertiary/aromatic N) is 1. The summed E-state index contributed by atoms with van der Waals surface area (Å²) in [5, 5.41) is 0. The van der Waals surface area contributed by atoms with Crippen LogP contribution in [0.25, 0.3) is 0 Å². The van der Waals surface area contributed by atoms with Crippen molar-refractivity contribution in [2.45, 2.75) is 0 Å². The van der Waals surface area contributed by atoms with Gasteiger partial charge in [0.1, 0.15) is 0 Å². The van der Waals surface area contributed by atoms with E-state index in [2.05, 4.69) is 16.0 Å². The van der Waals surface area contributed by atoms with E-state index in [0.717, 1.165) is 0 Å². The van der Waals surface area contributed by atoms with E-state index < -0.39 is 6.96 Å². The lowest BCUT2D eigenvalue weighted by molar-refractivity contribution is 0.550. The first-order valence-corrected chi connectivity index (χ1v) is 3.60. The third-order valence-electron chi connectivity index (χ3n) is 0.157. The average Bonchev–Trinajstić information content (AvgIpc) is 1.30. The number of hydrogen-bond acceptors (Lipinski definition) is 2. The predicted molar refractivity (Wildman–Crippen MR) is 22.7 cm³/mol. The van der Waals surface area contributed by atoms with E-state index >= 15 is 0 Å². The van der Waals surface area contributed by atoms with Crippen molar-refractivity contribution >= 4 is 24.3 Å². The van der Waals surface area contributed by atoms with Crippen molar-refractivity contribution in [2.24, 2.45) is 4.76 Å². The topological polar surface area (TPSA) is 46.5 Å². The fraction of sp³-hybridized carbons (Fsp3) is 0. The second kappa shape index (κ2) is 2.22. The van der Waals surface area contributed by atoms with Crippen molar-refractivity contribution in [3.8, 4) is 0 Å². The summed E-state index contributed by atoms with van der Waals surface area (Å²) in [7, 11) is 0. The largest absolute Gasteiger partial charge is 0.452 e. The number of isocyanates is 1. The minimum Gasteiger partial charge on any atom is -0.241 e. The third kappa shape index (κ3) is 5.83. The molecule has 0 aromatic carbocycles. The van der Waals surface area contributed by atoms with E-state index in [4.69, 9.17) is 4.79 Å². The van der Waals surface area contributed by atoms with Crippen LogP contribution in [-0.4, -0.2) is 6.08 Å². The first-order chi connectivity index (χ1) is 3.06. The maximum absolute atomic E-state index is 11.3. The van der Waals surface area contributed by atoms with Gasteiger partial charge in [-0.25, -0.2) is 9.36 Å². The van der Waals surface area contributed by atoms with Crippen LogP contribution in [0.2, 0.25) is 0 Å². The lowest BCUT2D eigenvalue weighted by Gasteiger charge is -1.77. The number of halogens is 2. The maximum atomic E-state index is 11.3. The molecule has 1 unspecified atom stereocenters. The van der Waals surface area contributed by atoms with Crippen molar-refractivity contribution in [3.05, 3.63) is 0 Å². The van der Waals surface area contributed by atoms with Gasteiger partial charge in [0.2, 0.25) is 6.08 Å². The van der Waals surface area contributed by atoms with Gasteiger partial charge in [0.15, 0.2) is 0 Å². The van der Waals surface area contributed by atoms with Gasteiger partial charge < -0.3 is 0 Å². The van der Waals surface area contributed by atoms with Crippen LogP contribution in [0, 0.1) is 0 Å². The minimum atomic E-state index is -4.49. The van der Waals surface area contributed by atoms with Gasteiger partial charge in [-0.1, -0.05) is 0 Å². The van der Waals surface area contributed by atoms with Crippen molar-refractivity contribution in [1.29, 1.82) is 0 Å². The molecule has 0 N–H and O–H groups in total. The van der Waals surface area contributed by atoms with E-state index in [1.54, 1.807) is 0 Å². The summed E-state index contributed by atoms with van der Waals surface area (Å²) in [6.45, 7) is -4.49. The van der Waals surface area contributed by atoms with Gasteiger partial charge in [0.05, 0.1) is 0 Å². The molecule has 0 aromatic rings. The van der Waals surface area contributed by atoms with E-state index in [9.17, 15) is 8.76 Å². The molecule has 0 radical (unpaired) electrons. The van der Waals surface area contributed by atoms with Crippen LogP contribution in [0.1, 0.15) is 0 Å². The van der Waals surface area contributed by atoms with Crippen molar-refractivity contribution in [2.75, 3.05) is 0 Å². The lowest BCUT2D eigenvalue weighted by atomic mass is 11.7. The Labute approximate surface area is 43.5 Å². The molecule has 0 fully saturated rings. The summed E-state index contributed by atoms with van der Waals surface area (Å²) in [4.78, 5) is 9.03. The Kier molecular flexibility index (Phi) is 2.16. The molecule has 0 saturated heterocycles. The van der Waals surface area contributed by atoms with Crippen LogP contribution in [0.15, 0.2) is 4.76 Å². The first-order valence-electron chi connectivity index (χ1n) is 1.15. The number of carbonyl (C=O) groups excluding carboxylic acids is 1. The highest BCUT2D eigenvalue weighted by molar-refractivity contribution is 7.84. The second-order valence-corrected chi connectivity index (χ2v) is 2.95. The van der Waals surface area contributed by atoms with Crippen LogP contribution in [-0.2, 0) is 9.36 Å². The summed E-state index contributed by atoms with van der Waals surface area (Å²) in [5.41, 5.74) is 0. The molecule has 40 valence electrons. The first kappa shape index (κ1) is 6.83. The lowest BCUT2D eigenvalue weighted by Crippen LogP contribution is -1.47. The van der Waals surface area contributed by atoms with Crippen LogP contribution < -0.4 is 0 Å². The van der Waals surface area contributed by atoms with Crippen molar-refractivity contribution in [3.63, 3.8) is 0 Å². The summed E-state index contributed by atoms with van der Waals surface area (Å²) in [6, 6.07) is 0. The Hall–Kier alpha value is -0.170. The van der Waals surface area contributed by atoms with Gasteiger partial charge in [-0.05, 0) is 0 Å². The second-order valence-electron chi connectivity index (χ2n) is 0.626. The molecular weight excluding hydrogens is 143 g/mol. The molecule has 0 saturated carbocycles. The van der Waals surface area contributed by atoms with E-state index in [1.165, 1.54) is 0 Å². The Bertz CT molecular complexity index is 146. The molecule has 0 aliphatic carbocycles. The van der Waals surface area contributed by atoms with Crippen LogP contribution >= 0.6 is 18.2 Å². The minimum absolute atomic E-state index is 0.713. The van der Waals surface area contributed by atoms with Gasteiger partial charge in [0.25, 0.3) is 0 Å². The zero-order valence-corrected chi connectivity index (χ0v) is 4.62. The molecule has 0 heterocycles. The quantitative estimate of drug-likeness (QED) is 0.318. The van der Waals surface area contributed by atoms with Gasteiger partial charge >= 0.3 is 6.96 Å². The maximum Gasteiger partial charge on any atom is 0.452 e. The zero-order valence-electron chi connectivity index (χ0n) is 2.97. The predicted octanol–water partition coefficient (Wildman–Crippen LogP) is 1.64. The van der Waals surface area contributed by atoms with Crippen LogP contribution in [0.4, 0.5) is 4.20 Å². The fourth-order valence-corrected chi connectivity index (χ4v) is 0.235. The van der Waals surface area contributed by atoms with E-state index in [1.807, 2.05) is 0 Å². The molecule has 0 rings (SSSR count). The summed E-state index contributed by atoms with van der Waals surface area (Å²) < 4.78 is 22.9. The highest BCUT2D eigenvalue weighted by atomic mass is 35.7. The van der Waals surface area contributed by atoms with Gasteiger partial charge in [-0.3, -0.25) is 0 Å². The molecule has 7 heavy (non-hydrogen) atoms. The van der Waals surface area contributed by atoms with Gasteiger partial charge in [-0.2, -0.15) is 0 Å². The Morgan fingerprint density at radius 3 is 2.29 bits per heavy atom. The number of hydrogen-bond donors (Lipinski definition) is 0. The average molecular weight is 143 g/mol. The molecule has 6 heteroatoms. The summed E-state index contributed by atoms with van der Waals surface area (Å²) in [6.07, 6.45) is 0.713. The van der Waals surface area contributed by atoms with Crippen molar-refractivity contribution < 1.29 is 13.6 Å². The SMILES string of the molecule is O=C=NP(=O)(F)Cl. The normalized spacial score (nSPS) is 16.9. The Balaban J connectivity index is 4.10. The third-order valence-corrected chi connectivity index (χ3v) is 0.699. The molecule has 3 nitrogen and oxygen atoms in total. The van der Waals surface area contributed by atoms with Crippen LogP contribution in [0.5, 0.6) is 0 Å². The molecule has 0 aromatic heterocycles. The summed E-state index contributed by atoms with van der Waals surface area (Å²) in [5.74, 6) is 0. The molecule has 0 bridgehead atoms. The molecule has 1 atom stereocenters.